The summed E-state index contributed by atoms with van der Waals surface area (Å²) < 4.78 is 2.16. The summed E-state index contributed by atoms with van der Waals surface area (Å²) in [5.41, 5.74) is 3.98. The normalized spacial score (nSPS) is 12.5. The van der Waals surface area contributed by atoms with Crippen LogP contribution in [0.4, 0.5) is 0 Å². The first kappa shape index (κ1) is 15.8. The fourth-order valence-corrected chi connectivity index (χ4v) is 2.87. The minimum absolute atomic E-state index is 0.601. The number of hydrogen-bond acceptors (Lipinski definition) is 2. The lowest BCUT2D eigenvalue weighted by molar-refractivity contribution is 0.469. The minimum Gasteiger partial charge on any atom is -0.319 e. The van der Waals surface area contributed by atoms with Crippen LogP contribution in [0.15, 0.2) is 36.4 Å². The Morgan fingerprint density at radius 2 is 1.90 bits per heavy atom. The van der Waals surface area contributed by atoms with Gasteiger partial charge in [-0.15, -0.1) is 0 Å². The Kier molecular flexibility index (Phi) is 6.00. The van der Waals surface area contributed by atoms with Crippen molar-refractivity contribution in [2.75, 3.05) is 13.6 Å². The minimum atomic E-state index is 0.601. The van der Waals surface area contributed by atoms with Crippen LogP contribution < -0.4 is 5.32 Å². The highest BCUT2D eigenvalue weighted by Gasteiger charge is 2.14. The van der Waals surface area contributed by atoms with Gasteiger partial charge in [0.15, 0.2) is 0 Å². The smallest absolute Gasteiger partial charge is 0.0624 e. The largest absolute Gasteiger partial charge is 0.319 e. The van der Waals surface area contributed by atoms with Gasteiger partial charge in [0.25, 0.3) is 0 Å². The lowest BCUT2D eigenvalue weighted by Gasteiger charge is -2.17. The Balaban J connectivity index is 2.10. The van der Waals surface area contributed by atoms with Gasteiger partial charge >= 0.3 is 0 Å². The van der Waals surface area contributed by atoms with Crippen LogP contribution in [0.2, 0.25) is 0 Å². The van der Waals surface area contributed by atoms with Crippen molar-refractivity contribution in [2.45, 2.75) is 39.7 Å². The summed E-state index contributed by atoms with van der Waals surface area (Å²) in [6, 6.07) is 13.0. The van der Waals surface area contributed by atoms with Crippen molar-refractivity contribution in [3.8, 4) is 0 Å². The molecule has 0 aliphatic rings. The lowest BCUT2D eigenvalue weighted by Crippen LogP contribution is -2.24. The predicted octanol–water partition coefficient (Wildman–Crippen LogP) is 3.09. The van der Waals surface area contributed by atoms with Gasteiger partial charge in [-0.2, -0.15) is 5.10 Å². The Hall–Kier alpha value is -1.61. The maximum absolute atomic E-state index is 4.66. The van der Waals surface area contributed by atoms with Crippen molar-refractivity contribution < 1.29 is 0 Å². The van der Waals surface area contributed by atoms with E-state index in [4.69, 9.17) is 0 Å². The van der Waals surface area contributed by atoms with Crippen LogP contribution in [0.1, 0.15) is 30.8 Å². The quantitative estimate of drug-likeness (QED) is 0.808. The molecule has 2 aromatic rings. The summed E-state index contributed by atoms with van der Waals surface area (Å²) in [6.07, 6.45) is 3.20. The SMILES string of the molecule is CCc1cc(CC(CNC)Cc2ccccc2)n(CC)n1. The molecule has 1 atom stereocenters. The molecule has 0 spiro atoms. The summed E-state index contributed by atoms with van der Waals surface area (Å²) in [4.78, 5) is 0. The number of rotatable bonds is 8. The number of aryl methyl sites for hydroxylation is 2. The molecule has 3 heteroatoms. The molecule has 1 N–H and O–H groups in total. The summed E-state index contributed by atoms with van der Waals surface area (Å²) in [5.74, 6) is 0.601. The number of nitrogens with zero attached hydrogens (tertiary/aromatic N) is 2. The van der Waals surface area contributed by atoms with E-state index < -0.39 is 0 Å². The molecule has 21 heavy (non-hydrogen) atoms. The maximum atomic E-state index is 4.66. The number of benzene rings is 1. The van der Waals surface area contributed by atoms with Crippen molar-refractivity contribution >= 4 is 0 Å². The van der Waals surface area contributed by atoms with Crippen LogP contribution in [0.5, 0.6) is 0 Å². The molecule has 1 aromatic heterocycles. The third-order valence-corrected chi connectivity index (χ3v) is 3.93. The molecule has 114 valence electrons. The van der Waals surface area contributed by atoms with Gasteiger partial charge in [-0.25, -0.2) is 0 Å². The van der Waals surface area contributed by atoms with E-state index in [1.54, 1.807) is 0 Å². The zero-order valence-corrected chi connectivity index (χ0v) is 13.5. The predicted molar refractivity (Wildman–Crippen MR) is 88.5 cm³/mol. The van der Waals surface area contributed by atoms with E-state index in [0.29, 0.717) is 5.92 Å². The van der Waals surface area contributed by atoms with Crippen LogP contribution in [0.3, 0.4) is 0 Å². The highest BCUT2D eigenvalue weighted by atomic mass is 15.3. The number of nitrogens with one attached hydrogen (secondary N) is 1. The van der Waals surface area contributed by atoms with E-state index in [-0.39, 0.29) is 0 Å². The average molecular weight is 285 g/mol. The van der Waals surface area contributed by atoms with Gasteiger partial charge in [0.1, 0.15) is 0 Å². The number of hydrogen-bond donors (Lipinski definition) is 1. The molecule has 1 aromatic carbocycles. The summed E-state index contributed by atoms with van der Waals surface area (Å²) in [7, 11) is 2.03. The van der Waals surface area contributed by atoms with Crippen molar-refractivity contribution in [3.05, 3.63) is 53.3 Å². The summed E-state index contributed by atoms with van der Waals surface area (Å²) in [5, 5.41) is 8.00. The van der Waals surface area contributed by atoms with E-state index >= 15 is 0 Å². The standard InChI is InChI=1S/C18H27N3/c1-4-17-13-18(21(5-2)20-17)12-16(14-19-3)11-15-9-7-6-8-10-15/h6-10,13,16,19H,4-5,11-12,14H2,1-3H3. The van der Waals surface area contributed by atoms with Gasteiger partial charge in [-0.05, 0) is 57.3 Å². The molecular formula is C18H27N3. The van der Waals surface area contributed by atoms with Gasteiger partial charge in [0, 0.05) is 12.2 Å². The van der Waals surface area contributed by atoms with E-state index in [9.17, 15) is 0 Å². The molecule has 2 rings (SSSR count). The Morgan fingerprint density at radius 3 is 2.52 bits per heavy atom. The molecule has 3 nitrogen and oxygen atoms in total. The first-order valence-electron chi connectivity index (χ1n) is 8.00. The summed E-state index contributed by atoms with van der Waals surface area (Å²) >= 11 is 0. The van der Waals surface area contributed by atoms with Gasteiger partial charge < -0.3 is 5.32 Å². The third-order valence-electron chi connectivity index (χ3n) is 3.93. The lowest BCUT2D eigenvalue weighted by atomic mass is 9.94. The summed E-state index contributed by atoms with van der Waals surface area (Å²) in [6.45, 7) is 6.32. The Bertz CT molecular complexity index is 531. The van der Waals surface area contributed by atoms with Gasteiger partial charge in [0.2, 0.25) is 0 Å². The molecule has 0 fully saturated rings. The second-order valence-corrected chi connectivity index (χ2v) is 5.61. The molecule has 0 bridgehead atoms. The van der Waals surface area contributed by atoms with Crippen molar-refractivity contribution in [1.29, 1.82) is 0 Å². The first-order valence-corrected chi connectivity index (χ1v) is 8.00. The Labute approximate surface area is 128 Å². The second-order valence-electron chi connectivity index (χ2n) is 5.61. The third kappa shape index (κ3) is 4.43. The van der Waals surface area contributed by atoms with Crippen LogP contribution in [-0.2, 0) is 25.8 Å². The van der Waals surface area contributed by atoms with E-state index in [0.717, 1.165) is 32.4 Å². The van der Waals surface area contributed by atoms with Crippen LogP contribution in [-0.4, -0.2) is 23.4 Å². The fourth-order valence-electron chi connectivity index (χ4n) is 2.87. The highest BCUT2D eigenvalue weighted by molar-refractivity contribution is 5.17. The van der Waals surface area contributed by atoms with E-state index in [1.165, 1.54) is 17.0 Å². The fraction of sp³-hybridized carbons (Fsp3) is 0.500. The van der Waals surface area contributed by atoms with Crippen LogP contribution >= 0.6 is 0 Å². The van der Waals surface area contributed by atoms with Gasteiger partial charge in [-0.1, -0.05) is 37.3 Å². The zero-order chi connectivity index (χ0) is 15.1. The maximum Gasteiger partial charge on any atom is 0.0624 e. The molecule has 0 saturated heterocycles. The molecule has 0 saturated carbocycles. The molecule has 0 amide bonds. The highest BCUT2D eigenvalue weighted by Crippen LogP contribution is 2.16. The molecule has 0 aliphatic carbocycles. The molecule has 0 aliphatic heterocycles. The molecular weight excluding hydrogens is 258 g/mol. The van der Waals surface area contributed by atoms with Crippen LogP contribution in [0.25, 0.3) is 0 Å². The second kappa shape index (κ2) is 7.99. The van der Waals surface area contributed by atoms with Gasteiger partial charge in [0.05, 0.1) is 5.69 Å². The van der Waals surface area contributed by atoms with Gasteiger partial charge in [-0.3, -0.25) is 4.68 Å². The molecule has 1 heterocycles. The van der Waals surface area contributed by atoms with Crippen molar-refractivity contribution in [1.82, 2.24) is 15.1 Å². The van der Waals surface area contributed by atoms with E-state index in [1.807, 2.05) is 7.05 Å². The monoisotopic (exact) mass is 285 g/mol. The molecule has 1 unspecified atom stereocenters. The van der Waals surface area contributed by atoms with Crippen molar-refractivity contribution in [2.24, 2.45) is 5.92 Å². The topological polar surface area (TPSA) is 29.9 Å². The molecule has 0 radical (unpaired) electrons. The zero-order valence-electron chi connectivity index (χ0n) is 13.5. The average Bonchev–Trinajstić information content (AvgIpc) is 2.90. The Morgan fingerprint density at radius 1 is 1.14 bits per heavy atom. The van der Waals surface area contributed by atoms with Crippen LogP contribution in [0, 0.1) is 5.92 Å². The first-order chi connectivity index (χ1) is 10.3. The van der Waals surface area contributed by atoms with E-state index in [2.05, 4.69) is 65.3 Å². The number of aromatic nitrogens is 2. The van der Waals surface area contributed by atoms with Crippen molar-refractivity contribution in [3.63, 3.8) is 0 Å².